The molecule has 0 aromatic heterocycles. The molecular formula is C20H24N2O3S2. The van der Waals surface area contributed by atoms with Crippen molar-refractivity contribution in [1.29, 1.82) is 0 Å². The standard InChI is InChI=1S/C20H24N2O3S2/c1-3-5-11-21-15-10-7-6-9-14(15)16(18(21)23)17-19(24)22(20(26)27-17)12-8-13-25-4-2/h6-7,9-10H,3-5,8,11-13H2,1-2H3/b17-16+. The maximum Gasteiger partial charge on any atom is 0.267 e. The predicted octanol–water partition coefficient (Wildman–Crippen LogP) is 3.83. The first kappa shape index (κ1) is 20.0. The number of amides is 2. The summed E-state index contributed by atoms with van der Waals surface area (Å²) in [6.45, 7) is 6.45. The van der Waals surface area contributed by atoms with Crippen molar-refractivity contribution in [1.82, 2.24) is 4.90 Å². The van der Waals surface area contributed by atoms with Gasteiger partial charge in [0.25, 0.3) is 11.8 Å². The molecule has 0 saturated carbocycles. The molecule has 0 aliphatic carbocycles. The molecule has 0 atom stereocenters. The normalized spacial score (nSPS) is 19.4. The van der Waals surface area contributed by atoms with E-state index in [0.29, 0.717) is 41.1 Å². The zero-order valence-corrected chi connectivity index (χ0v) is 17.3. The molecule has 0 spiro atoms. The van der Waals surface area contributed by atoms with E-state index in [4.69, 9.17) is 17.0 Å². The third-order valence-corrected chi connectivity index (χ3v) is 6.06. The van der Waals surface area contributed by atoms with Crippen molar-refractivity contribution in [2.45, 2.75) is 33.1 Å². The van der Waals surface area contributed by atoms with E-state index in [2.05, 4.69) is 6.92 Å². The number of carbonyl (C=O) groups excluding carboxylic acids is 2. The number of nitrogens with zero attached hydrogens (tertiary/aromatic N) is 2. The SMILES string of the molecule is CCCCN1C(=O)/C(=C2/SC(=S)N(CCCOCC)C2=O)c2ccccc21. The summed E-state index contributed by atoms with van der Waals surface area (Å²) >= 11 is 6.65. The van der Waals surface area contributed by atoms with Gasteiger partial charge in [-0.1, -0.05) is 55.5 Å². The molecule has 1 aromatic carbocycles. The highest BCUT2D eigenvalue weighted by Gasteiger charge is 2.41. The van der Waals surface area contributed by atoms with Gasteiger partial charge in [0, 0.05) is 31.9 Å². The number of anilines is 1. The molecule has 2 aliphatic rings. The second kappa shape index (κ2) is 8.99. The fourth-order valence-electron chi connectivity index (χ4n) is 3.25. The molecule has 2 heterocycles. The molecule has 1 saturated heterocycles. The summed E-state index contributed by atoms with van der Waals surface area (Å²) in [5.74, 6) is -0.267. The Hall–Kier alpha value is -1.70. The molecular weight excluding hydrogens is 380 g/mol. The van der Waals surface area contributed by atoms with Crippen LogP contribution in [0.25, 0.3) is 5.57 Å². The van der Waals surface area contributed by atoms with Crippen LogP contribution in [0.4, 0.5) is 5.69 Å². The van der Waals surface area contributed by atoms with E-state index in [1.54, 1.807) is 9.80 Å². The van der Waals surface area contributed by atoms with Crippen LogP contribution in [0.15, 0.2) is 29.2 Å². The molecule has 0 bridgehead atoms. The number of para-hydroxylation sites is 1. The fraction of sp³-hybridized carbons (Fsp3) is 0.450. The number of unbranched alkanes of at least 4 members (excludes halogenated alkanes) is 1. The highest BCUT2D eigenvalue weighted by molar-refractivity contribution is 8.26. The van der Waals surface area contributed by atoms with Crippen molar-refractivity contribution in [2.24, 2.45) is 0 Å². The van der Waals surface area contributed by atoms with Gasteiger partial charge in [0.15, 0.2) is 0 Å². The Bertz CT molecular complexity index is 791. The maximum atomic E-state index is 13.1. The molecule has 27 heavy (non-hydrogen) atoms. The van der Waals surface area contributed by atoms with Gasteiger partial charge < -0.3 is 9.64 Å². The van der Waals surface area contributed by atoms with Crippen LogP contribution in [0.3, 0.4) is 0 Å². The minimum Gasteiger partial charge on any atom is -0.382 e. The van der Waals surface area contributed by atoms with Gasteiger partial charge in [-0.3, -0.25) is 14.5 Å². The second-order valence-corrected chi connectivity index (χ2v) is 8.05. The van der Waals surface area contributed by atoms with Crippen LogP contribution in [0.2, 0.25) is 0 Å². The third-order valence-electron chi connectivity index (χ3n) is 4.61. The molecule has 1 fully saturated rings. The molecule has 0 N–H and O–H groups in total. The number of benzene rings is 1. The largest absolute Gasteiger partial charge is 0.382 e. The minimum absolute atomic E-state index is 0.0977. The average Bonchev–Trinajstić information content (AvgIpc) is 3.10. The average molecular weight is 405 g/mol. The van der Waals surface area contributed by atoms with Gasteiger partial charge in [0.05, 0.1) is 16.2 Å². The number of thiocarbonyl (C=S) groups is 1. The highest BCUT2D eigenvalue weighted by atomic mass is 32.2. The number of carbonyl (C=O) groups is 2. The van der Waals surface area contributed by atoms with E-state index in [0.717, 1.165) is 30.5 Å². The van der Waals surface area contributed by atoms with Gasteiger partial charge in [-0.2, -0.15) is 0 Å². The Labute approximate surface area is 169 Å². The summed E-state index contributed by atoms with van der Waals surface area (Å²) in [5, 5.41) is 0. The van der Waals surface area contributed by atoms with E-state index >= 15 is 0 Å². The first-order valence-electron chi connectivity index (χ1n) is 9.37. The summed E-state index contributed by atoms with van der Waals surface area (Å²) in [7, 11) is 0. The Kier molecular flexibility index (Phi) is 6.68. The third kappa shape index (κ3) is 3.95. The topological polar surface area (TPSA) is 49.9 Å². The first-order chi connectivity index (χ1) is 13.1. The summed E-state index contributed by atoms with van der Waals surface area (Å²) in [6.07, 6.45) is 2.64. The molecule has 3 rings (SSSR count). The van der Waals surface area contributed by atoms with Crippen molar-refractivity contribution in [3.8, 4) is 0 Å². The maximum absolute atomic E-state index is 13.1. The van der Waals surface area contributed by atoms with Gasteiger partial charge in [0.2, 0.25) is 0 Å². The van der Waals surface area contributed by atoms with Gasteiger partial charge in [-0.25, -0.2) is 0 Å². The van der Waals surface area contributed by atoms with Crippen LogP contribution in [0.5, 0.6) is 0 Å². The van der Waals surface area contributed by atoms with E-state index in [-0.39, 0.29) is 11.8 Å². The van der Waals surface area contributed by atoms with Crippen molar-refractivity contribution in [3.63, 3.8) is 0 Å². The van der Waals surface area contributed by atoms with Crippen LogP contribution in [0, 0.1) is 0 Å². The lowest BCUT2D eigenvalue weighted by molar-refractivity contribution is -0.122. The van der Waals surface area contributed by atoms with E-state index in [9.17, 15) is 9.59 Å². The smallest absolute Gasteiger partial charge is 0.267 e. The molecule has 7 heteroatoms. The Balaban J connectivity index is 1.90. The van der Waals surface area contributed by atoms with Crippen molar-refractivity contribution >= 4 is 51.4 Å². The van der Waals surface area contributed by atoms with Crippen LogP contribution in [0.1, 0.15) is 38.7 Å². The lowest BCUT2D eigenvalue weighted by Crippen LogP contribution is -2.31. The summed E-state index contributed by atoms with van der Waals surface area (Å²) < 4.78 is 5.86. The van der Waals surface area contributed by atoms with Crippen LogP contribution >= 0.6 is 24.0 Å². The molecule has 2 amide bonds. The number of ether oxygens (including phenoxy) is 1. The second-order valence-electron chi connectivity index (χ2n) is 6.41. The lowest BCUT2D eigenvalue weighted by Gasteiger charge is -2.16. The van der Waals surface area contributed by atoms with E-state index < -0.39 is 0 Å². The molecule has 0 radical (unpaired) electrons. The number of rotatable bonds is 8. The highest BCUT2D eigenvalue weighted by Crippen LogP contribution is 2.44. The Morgan fingerprint density at radius 3 is 2.52 bits per heavy atom. The summed E-state index contributed by atoms with van der Waals surface area (Å²) in [4.78, 5) is 30.0. The molecule has 1 aromatic rings. The lowest BCUT2D eigenvalue weighted by atomic mass is 10.1. The predicted molar refractivity (Wildman–Crippen MR) is 114 cm³/mol. The van der Waals surface area contributed by atoms with Crippen molar-refractivity contribution in [3.05, 3.63) is 34.7 Å². The molecule has 5 nitrogen and oxygen atoms in total. The number of fused-ring (bicyclic) bond motifs is 1. The Morgan fingerprint density at radius 2 is 1.78 bits per heavy atom. The fourth-order valence-corrected chi connectivity index (χ4v) is 4.63. The van der Waals surface area contributed by atoms with Crippen LogP contribution in [-0.4, -0.2) is 47.3 Å². The van der Waals surface area contributed by atoms with Gasteiger partial charge in [-0.15, -0.1) is 0 Å². The van der Waals surface area contributed by atoms with E-state index in [1.807, 2.05) is 31.2 Å². The van der Waals surface area contributed by atoms with Crippen LogP contribution in [-0.2, 0) is 14.3 Å². The number of hydrogen-bond donors (Lipinski definition) is 0. The minimum atomic E-state index is -0.169. The molecule has 2 aliphatic heterocycles. The monoisotopic (exact) mass is 404 g/mol. The molecule has 0 unspecified atom stereocenters. The number of hydrogen-bond acceptors (Lipinski definition) is 5. The zero-order chi connectivity index (χ0) is 19.4. The summed E-state index contributed by atoms with van der Waals surface area (Å²) in [5.41, 5.74) is 2.20. The zero-order valence-electron chi connectivity index (χ0n) is 15.7. The van der Waals surface area contributed by atoms with E-state index in [1.165, 1.54) is 11.8 Å². The van der Waals surface area contributed by atoms with Crippen molar-refractivity contribution in [2.75, 3.05) is 31.2 Å². The van der Waals surface area contributed by atoms with Gasteiger partial charge in [-0.05, 0) is 25.8 Å². The number of thioether (sulfide) groups is 1. The first-order valence-corrected chi connectivity index (χ1v) is 10.6. The van der Waals surface area contributed by atoms with Crippen LogP contribution < -0.4 is 4.90 Å². The quantitative estimate of drug-likeness (QED) is 0.374. The molecule has 144 valence electrons. The summed E-state index contributed by atoms with van der Waals surface area (Å²) in [6, 6.07) is 7.68. The Morgan fingerprint density at radius 1 is 1.04 bits per heavy atom. The van der Waals surface area contributed by atoms with Crippen molar-refractivity contribution < 1.29 is 14.3 Å². The van der Waals surface area contributed by atoms with Gasteiger partial charge in [0.1, 0.15) is 4.32 Å². The van der Waals surface area contributed by atoms with Gasteiger partial charge >= 0.3 is 0 Å².